The van der Waals surface area contributed by atoms with E-state index in [0.29, 0.717) is 12.0 Å². The Balaban J connectivity index is 0.000000205. The Hall–Kier alpha value is -3.07. The van der Waals surface area contributed by atoms with Gasteiger partial charge in [-0.2, -0.15) is 0 Å². The summed E-state index contributed by atoms with van der Waals surface area (Å²) in [6.07, 6.45) is 3.10. The van der Waals surface area contributed by atoms with Gasteiger partial charge >= 0.3 is 5.97 Å². The molecule has 0 aliphatic rings. The zero-order chi connectivity index (χ0) is 25.1. The van der Waals surface area contributed by atoms with E-state index in [0.717, 1.165) is 12.8 Å². The SMILES string of the molecule is CCC(C)C(=O)O.CCC(C)c1ccccc1.CCC(C)n1c2ccccc2c2ccccc21. The number of carboxylic acids is 1. The maximum Gasteiger partial charge on any atom is 0.306 e. The summed E-state index contributed by atoms with van der Waals surface area (Å²) in [4.78, 5) is 9.93. The first-order valence-electron chi connectivity index (χ1n) is 12.6. The van der Waals surface area contributed by atoms with Crippen LogP contribution in [0.4, 0.5) is 0 Å². The number of benzene rings is 3. The van der Waals surface area contributed by atoms with Crippen molar-refractivity contribution in [3.8, 4) is 0 Å². The summed E-state index contributed by atoms with van der Waals surface area (Å²) in [5.74, 6) is -0.177. The van der Waals surface area contributed by atoms with Crippen molar-refractivity contribution in [1.29, 1.82) is 0 Å². The van der Waals surface area contributed by atoms with Gasteiger partial charge in [-0.25, -0.2) is 0 Å². The van der Waals surface area contributed by atoms with Crippen LogP contribution in [0.5, 0.6) is 0 Å². The Morgan fingerprint density at radius 3 is 1.56 bits per heavy atom. The molecular weight excluding hydrogens is 418 g/mol. The summed E-state index contributed by atoms with van der Waals surface area (Å²) in [6, 6.07) is 28.6. The van der Waals surface area contributed by atoms with Crippen LogP contribution in [0.1, 0.15) is 78.3 Å². The number of para-hydroxylation sites is 2. The lowest BCUT2D eigenvalue weighted by Crippen LogP contribution is -2.06. The fourth-order valence-corrected chi connectivity index (χ4v) is 3.80. The fourth-order valence-electron chi connectivity index (χ4n) is 3.80. The summed E-state index contributed by atoms with van der Waals surface area (Å²) in [5.41, 5.74) is 4.15. The first-order valence-corrected chi connectivity index (χ1v) is 12.6. The average molecular weight is 460 g/mol. The van der Waals surface area contributed by atoms with E-state index in [1.54, 1.807) is 6.92 Å². The van der Waals surface area contributed by atoms with Gasteiger partial charge in [0.15, 0.2) is 0 Å². The van der Waals surface area contributed by atoms with Gasteiger partial charge in [0.05, 0.1) is 5.92 Å². The van der Waals surface area contributed by atoms with E-state index in [4.69, 9.17) is 5.11 Å². The van der Waals surface area contributed by atoms with E-state index < -0.39 is 5.97 Å². The highest BCUT2D eigenvalue weighted by Gasteiger charge is 2.12. The second-order valence-electron chi connectivity index (χ2n) is 9.03. The van der Waals surface area contributed by atoms with E-state index >= 15 is 0 Å². The van der Waals surface area contributed by atoms with Crippen LogP contribution < -0.4 is 0 Å². The standard InChI is InChI=1S/C16H17N.C10H14.C5H10O2/c1-3-12(2)17-15-10-6-4-8-13(15)14-9-5-7-11-16(14)17;1-3-9(2)10-7-5-4-6-8-10;1-3-4(2)5(6)7/h4-12H,3H2,1-2H3;4-9H,3H2,1-2H3;4H,3H2,1-2H3,(H,6,7). The van der Waals surface area contributed by atoms with Crippen LogP contribution in [0.2, 0.25) is 0 Å². The van der Waals surface area contributed by atoms with E-state index in [2.05, 4.69) is 111 Å². The normalized spacial score (nSPS) is 13.2. The molecule has 3 atom stereocenters. The molecule has 0 saturated heterocycles. The van der Waals surface area contributed by atoms with E-state index in [9.17, 15) is 4.79 Å². The molecule has 0 fully saturated rings. The highest BCUT2D eigenvalue weighted by atomic mass is 16.4. The van der Waals surface area contributed by atoms with Crippen molar-refractivity contribution in [3.63, 3.8) is 0 Å². The number of aliphatic carboxylic acids is 1. The molecule has 0 bridgehead atoms. The van der Waals surface area contributed by atoms with Gasteiger partial charge in [-0.1, -0.05) is 101 Å². The molecule has 0 radical (unpaired) electrons. The molecular formula is C31H41NO2. The van der Waals surface area contributed by atoms with Crippen molar-refractivity contribution in [1.82, 2.24) is 4.57 Å². The molecule has 1 N–H and O–H groups in total. The average Bonchev–Trinajstić information content (AvgIpc) is 3.23. The van der Waals surface area contributed by atoms with Crippen molar-refractivity contribution in [2.45, 2.75) is 72.8 Å². The molecule has 34 heavy (non-hydrogen) atoms. The third-order valence-corrected chi connectivity index (χ3v) is 6.66. The smallest absolute Gasteiger partial charge is 0.306 e. The molecule has 1 heterocycles. The number of aromatic nitrogens is 1. The fraction of sp³-hybridized carbons (Fsp3) is 0.387. The molecule has 1 aromatic heterocycles. The number of carbonyl (C=O) groups is 1. The summed E-state index contributed by atoms with van der Waals surface area (Å²) >= 11 is 0. The third kappa shape index (κ3) is 6.96. The molecule has 0 amide bonds. The largest absolute Gasteiger partial charge is 0.481 e. The Morgan fingerprint density at radius 2 is 1.18 bits per heavy atom. The zero-order valence-electron chi connectivity index (χ0n) is 21.7. The molecule has 0 aliphatic heterocycles. The van der Waals surface area contributed by atoms with Crippen LogP contribution in [0.25, 0.3) is 21.8 Å². The molecule has 0 saturated carbocycles. The Bertz CT molecular complexity index is 1090. The first-order chi connectivity index (χ1) is 16.3. The number of nitrogens with zero attached hydrogens (tertiary/aromatic N) is 1. The van der Waals surface area contributed by atoms with E-state index in [-0.39, 0.29) is 5.92 Å². The highest BCUT2D eigenvalue weighted by Crippen LogP contribution is 2.32. The van der Waals surface area contributed by atoms with Gasteiger partial charge in [-0.05, 0) is 49.8 Å². The van der Waals surface area contributed by atoms with Crippen LogP contribution in [0.15, 0.2) is 78.9 Å². The van der Waals surface area contributed by atoms with Crippen molar-refractivity contribution in [2.24, 2.45) is 5.92 Å². The molecule has 3 aromatic carbocycles. The molecule has 182 valence electrons. The third-order valence-electron chi connectivity index (χ3n) is 6.66. The van der Waals surface area contributed by atoms with Crippen molar-refractivity contribution in [3.05, 3.63) is 84.4 Å². The minimum Gasteiger partial charge on any atom is -0.481 e. The van der Waals surface area contributed by atoms with Crippen LogP contribution >= 0.6 is 0 Å². The van der Waals surface area contributed by atoms with E-state index in [1.807, 2.05) is 6.92 Å². The molecule has 3 heteroatoms. The predicted octanol–water partition coefficient (Wildman–Crippen LogP) is 9.08. The van der Waals surface area contributed by atoms with Crippen molar-refractivity contribution in [2.75, 3.05) is 0 Å². The number of fused-ring (bicyclic) bond motifs is 3. The summed E-state index contributed by atoms with van der Waals surface area (Å²) in [7, 11) is 0. The lowest BCUT2D eigenvalue weighted by molar-refractivity contribution is -0.141. The molecule has 3 nitrogen and oxygen atoms in total. The number of carboxylic acid groups (broad SMARTS) is 1. The Kier molecular flexibility index (Phi) is 10.9. The van der Waals surface area contributed by atoms with Crippen LogP contribution in [-0.4, -0.2) is 15.6 Å². The zero-order valence-corrected chi connectivity index (χ0v) is 21.7. The van der Waals surface area contributed by atoms with Crippen molar-refractivity contribution < 1.29 is 9.90 Å². The highest BCUT2D eigenvalue weighted by molar-refractivity contribution is 6.08. The Morgan fingerprint density at radius 1 is 0.706 bits per heavy atom. The second-order valence-corrected chi connectivity index (χ2v) is 9.03. The minimum atomic E-state index is -0.706. The Labute approximate surface area is 205 Å². The molecule has 0 aliphatic carbocycles. The monoisotopic (exact) mass is 459 g/mol. The van der Waals surface area contributed by atoms with Crippen molar-refractivity contribution >= 4 is 27.8 Å². The molecule has 4 aromatic rings. The van der Waals surface area contributed by atoms with E-state index in [1.165, 1.54) is 33.8 Å². The van der Waals surface area contributed by atoms with Gasteiger partial charge in [0, 0.05) is 27.8 Å². The minimum absolute atomic E-state index is 0.181. The summed E-state index contributed by atoms with van der Waals surface area (Å²) in [5, 5.41) is 10.9. The first kappa shape index (κ1) is 27.2. The number of hydrogen-bond acceptors (Lipinski definition) is 1. The summed E-state index contributed by atoms with van der Waals surface area (Å²) < 4.78 is 2.46. The van der Waals surface area contributed by atoms with Gasteiger partial charge in [0.1, 0.15) is 0 Å². The number of rotatable bonds is 6. The van der Waals surface area contributed by atoms with Crippen LogP contribution in [0, 0.1) is 5.92 Å². The van der Waals surface area contributed by atoms with Gasteiger partial charge in [-0.15, -0.1) is 0 Å². The topological polar surface area (TPSA) is 42.2 Å². The second kappa shape index (κ2) is 13.6. The lowest BCUT2D eigenvalue weighted by Gasteiger charge is -2.14. The number of hydrogen-bond donors (Lipinski definition) is 1. The lowest BCUT2D eigenvalue weighted by atomic mass is 9.99. The molecule has 4 rings (SSSR count). The van der Waals surface area contributed by atoms with Gasteiger partial charge in [0.2, 0.25) is 0 Å². The quantitative estimate of drug-likeness (QED) is 0.312. The maximum atomic E-state index is 9.93. The molecule has 3 unspecified atom stereocenters. The maximum absolute atomic E-state index is 9.93. The van der Waals surface area contributed by atoms with Crippen LogP contribution in [-0.2, 0) is 4.79 Å². The van der Waals surface area contributed by atoms with Gasteiger partial charge in [0.25, 0.3) is 0 Å². The predicted molar refractivity (Wildman–Crippen MR) is 147 cm³/mol. The summed E-state index contributed by atoms with van der Waals surface area (Å²) in [6.45, 7) is 12.6. The van der Waals surface area contributed by atoms with Gasteiger partial charge < -0.3 is 9.67 Å². The van der Waals surface area contributed by atoms with Crippen LogP contribution in [0.3, 0.4) is 0 Å². The molecule has 0 spiro atoms. The van der Waals surface area contributed by atoms with Gasteiger partial charge in [-0.3, -0.25) is 4.79 Å².